The van der Waals surface area contributed by atoms with E-state index in [4.69, 9.17) is 16.3 Å². The Kier molecular flexibility index (Phi) is 3.23. The fourth-order valence-electron chi connectivity index (χ4n) is 0.529. The molecule has 0 fully saturated rings. The van der Waals surface area contributed by atoms with Crippen molar-refractivity contribution in [2.24, 2.45) is 0 Å². The molecule has 0 unspecified atom stereocenters. The van der Waals surface area contributed by atoms with Gasteiger partial charge in [0.25, 0.3) is 0 Å². The molecule has 1 aromatic heterocycles. The Balaban J connectivity index is 2.39. The monoisotopic (exact) mass is 192 g/mol. The third-order valence-electron chi connectivity index (χ3n) is 0.982. The van der Waals surface area contributed by atoms with Gasteiger partial charge in [-0.3, -0.25) is 0 Å². The van der Waals surface area contributed by atoms with E-state index in [2.05, 4.69) is 10.2 Å². The van der Waals surface area contributed by atoms with Crippen molar-refractivity contribution >= 4 is 22.9 Å². The molecule has 1 rings (SSSR count). The average Bonchev–Trinajstić information content (AvgIpc) is 2.31. The Morgan fingerprint density at radius 2 is 2.27 bits per heavy atom. The van der Waals surface area contributed by atoms with Crippen LogP contribution in [0, 0.1) is 0 Å². The van der Waals surface area contributed by atoms with Gasteiger partial charge in [-0.15, -0.1) is 10.2 Å². The third kappa shape index (κ3) is 3.14. The van der Waals surface area contributed by atoms with Gasteiger partial charge < -0.3 is 4.74 Å². The summed E-state index contributed by atoms with van der Waals surface area (Å²) in [6.07, 6.45) is 0.220. The Bertz CT molecular complexity index is 226. The zero-order valence-corrected chi connectivity index (χ0v) is 7.95. The largest absolute Gasteiger partial charge is 0.372 e. The van der Waals surface area contributed by atoms with Crippen molar-refractivity contribution in [2.45, 2.75) is 26.6 Å². The van der Waals surface area contributed by atoms with Crippen LogP contribution in [0.15, 0.2) is 0 Å². The molecule has 5 heteroatoms. The van der Waals surface area contributed by atoms with E-state index in [0.29, 0.717) is 11.1 Å². The van der Waals surface area contributed by atoms with Gasteiger partial charge >= 0.3 is 0 Å². The highest BCUT2D eigenvalue weighted by Gasteiger charge is 2.02. The lowest BCUT2D eigenvalue weighted by molar-refractivity contribution is 0.0652. The van der Waals surface area contributed by atoms with Crippen LogP contribution in [0.4, 0.5) is 0 Å². The van der Waals surface area contributed by atoms with Crippen molar-refractivity contribution in [3.05, 3.63) is 9.47 Å². The summed E-state index contributed by atoms with van der Waals surface area (Å²) in [5.41, 5.74) is 0. The molecule has 0 amide bonds. The number of halogens is 1. The SMILES string of the molecule is CC(C)OCc1nnc(Cl)s1. The van der Waals surface area contributed by atoms with Crippen LogP contribution in [-0.2, 0) is 11.3 Å². The number of nitrogens with zero attached hydrogens (tertiary/aromatic N) is 2. The van der Waals surface area contributed by atoms with Gasteiger partial charge in [0.1, 0.15) is 11.6 Å². The highest BCUT2D eigenvalue weighted by molar-refractivity contribution is 7.15. The zero-order valence-electron chi connectivity index (χ0n) is 6.37. The van der Waals surface area contributed by atoms with E-state index in [0.717, 1.165) is 5.01 Å². The highest BCUT2D eigenvalue weighted by Crippen LogP contribution is 2.15. The molecule has 1 heterocycles. The van der Waals surface area contributed by atoms with E-state index in [1.165, 1.54) is 11.3 Å². The molecule has 0 N–H and O–H groups in total. The summed E-state index contributed by atoms with van der Waals surface area (Å²) in [7, 11) is 0. The molecule has 62 valence electrons. The molecule has 0 atom stereocenters. The lowest BCUT2D eigenvalue weighted by Gasteiger charge is -2.02. The van der Waals surface area contributed by atoms with Gasteiger partial charge in [0, 0.05) is 0 Å². The van der Waals surface area contributed by atoms with Crippen LogP contribution >= 0.6 is 22.9 Å². The average molecular weight is 193 g/mol. The van der Waals surface area contributed by atoms with Crippen LogP contribution in [0.3, 0.4) is 0 Å². The summed E-state index contributed by atoms with van der Waals surface area (Å²) >= 11 is 6.91. The summed E-state index contributed by atoms with van der Waals surface area (Å²) in [6, 6.07) is 0. The number of aromatic nitrogens is 2. The van der Waals surface area contributed by atoms with Gasteiger partial charge in [0.2, 0.25) is 4.47 Å². The Morgan fingerprint density at radius 3 is 2.73 bits per heavy atom. The Labute approximate surface area is 74.4 Å². The van der Waals surface area contributed by atoms with Crippen LogP contribution in [0.1, 0.15) is 18.9 Å². The summed E-state index contributed by atoms with van der Waals surface area (Å²) in [6.45, 7) is 4.45. The predicted molar refractivity (Wildman–Crippen MR) is 44.8 cm³/mol. The minimum atomic E-state index is 0.220. The van der Waals surface area contributed by atoms with Crippen LogP contribution < -0.4 is 0 Å². The molecule has 0 saturated carbocycles. The number of ether oxygens (including phenoxy) is 1. The maximum Gasteiger partial charge on any atom is 0.207 e. The highest BCUT2D eigenvalue weighted by atomic mass is 35.5. The van der Waals surface area contributed by atoms with Crippen molar-refractivity contribution in [3.8, 4) is 0 Å². The smallest absolute Gasteiger partial charge is 0.207 e. The van der Waals surface area contributed by atoms with Crippen LogP contribution in [0.25, 0.3) is 0 Å². The fourth-order valence-corrected chi connectivity index (χ4v) is 1.32. The van der Waals surface area contributed by atoms with Gasteiger partial charge in [-0.2, -0.15) is 0 Å². The first-order chi connectivity index (χ1) is 5.18. The molecule has 11 heavy (non-hydrogen) atoms. The normalized spacial score (nSPS) is 10.9. The van der Waals surface area contributed by atoms with Crippen molar-refractivity contribution in [3.63, 3.8) is 0 Å². The first-order valence-corrected chi connectivity index (χ1v) is 4.47. The zero-order chi connectivity index (χ0) is 8.27. The quantitative estimate of drug-likeness (QED) is 0.736. The maximum atomic E-state index is 5.57. The minimum Gasteiger partial charge on any atom is -0.372 e. The standard InChI is InChI=1S/C6H9ClN2OS/c1-4(2)10-3-5-8-9-6(7)11-5/h4H,3H2,1-2H3. The predicted octanol–water partition coefficient (Wildman–Crippen LogP) is 2.12. The first kappa shape index (κ1) is 8.90. The maximum absolute atomic E-state index is 5.57. The summed E-state index contributed by atoms with van der Waals surface area (Å²) in [4.78, 5) is 0. The van der Waals surface area contributed by atoms with E-state index >= 15 is 0 Å². The van der Waals surface area contributed by atoms with Crippen LogP contribution in [-0.4, -0.2) is 16.3 Å². The topological polar surface area (TPSA) is 35.0 Å². The minimum absolute atomic E-state index is 0.220. The molecule has 0 aliphatic heterocycles. The van der Waals surface area contributed by atoms with Crippen molar-refractivity contribution in [2.75, 3.05) is 0 Å². The van der Waals surface area contributed by atoms with E-state index in [1.54, 1.807) is 0 Å². The van der Waals surface area contributed by atoms with Crippen molar-refractivity contribution in [1.29, 1.82) is 0 Å². The van der Waals surface area contributed by atoms with Gasteiger partial charge in [0.15, 0.2) is 0 Å². The molecule has 0 saturated heterocycles. The number of hydrogen-bond acceptors (Lipinski definition) is 4. The van der Waals surface area contributed by atoms with Gasteiger partial charge in [-0.25, -0.2) is 0 Å². The molecule has 0 aliphatic rings. The second kappa shape index (κ2) is 3.99. The van der Waals surface area contributed by atoms with E-state index in [-0.39, 0.29) is 6.10 Å². The lowest BCUT2D eigenvalue weighted by Crippen LogP contribution is -2.01. The van der Waals surface area contributed by atoms with Crippen molar-refractivity contribution in [1.82, 2.24) is 10.2 Å². The Hall–Kier alpha value is -0.190. The van der Waals surface area contributed by atoms with Crippen molar-refractivity contribution < 1.29 is 4.74 Å². The second-order valence-electron chi connectivity index (χ2n) is 2.31. The van der Waals surface area contributed by atoms with Gasteiger partial charge in [0.05, 0.1) is 6.10 Å². The van der Waals surface area contributed by atoms with Gasteiger partial charge in [-0.1, -0.05) is 11.3 Å². The first-order valence-electron chi connectivity index (χ1n) is 3.28. The van der Waals surface area contributed by atoms with Crippen LogP contribution in [0.2, 0.25) is 4.47 Å². The molecule has 0 bridgehead atoms. The van der Waals surface area contributed by atoms with Gasteiger partial charge in [-0.05, 0) is 25.4 Å². The summed E-state index contributed by atoms with van der Waals surface area (Å²) in [5.74, 6) is 0. The van der Waals surface area contributed by atoms with E-state index in [9.17, 15) is 0 Å². The molecule has 0 radical (unpaired) electrons. The summed E-state index contributed by atoms with van der Waals surface area (Å²) in [5, 5.41) is 8.27. The summed E-state index contributed by atoms with van der Waals surface area (Å²) < 4.78 is 5.76. The molecule has 3 nitrogen and oxygen atoms in total. The third-order valence-corrected chi connectivity index (χ3v) is 1.97. The molecule has 0 spiro atoms. The molecular formula is C6H9ClN2OS. The number of rotatable bonds is 3. The van der Waals surface area contributed by atoms with Crippen LogP contribution in [0.5, 0.6) is 0 Å². The Morgan fingerprint density at radius 1 is 1.55 bits per heavy atom. The molecule has 0 aliphatic carbocycles. The fraction of sp³-hybridized carbons (Fsp3) is 0.667. The molecular weight excluding hydrogens is 184 g/mol. The molecule has 0 aromatic carbocycles. The molecule has 1 aromatic rings. The second-order valence-corrected chi connectivity index (χ2v) is 3.95. The van der Waals surface area contributed by atoms with E-state index in [1.807, 2.05) is 13.8 Å². The van der Waals surface area contributed by atoms with E-state index < -0.39 is 0 Å². The lowest BCUT2D eigenvalue weighted by atomic mass is 10.5. The number of hydrogen-bond donors (Lipinski definition) is 0.